The Morgan fingerprint density at radius 1 is 1.65 bits per heavy atom. The summed E-state index contributed by atoms with van der Waals surface area (Å²) in [7, 11) is 0. The molecule has 0 spiro atoms. The number of aromatic amines is 1. The van der Waals surface area contributed by atoms with Gasteiger partial charge in [-0.2, -0.15) is 0 Å². The maximum absolute atomic E-state index is 11.6. The van der Waals surface area contributed by atoms with Crippen molar-refractivity contribution in [3.8, 4) is 0 Å². The number of nitrogens with zero attached hydrogens (tertiary/aromatic N) is 2. The third-order valence-electron chi connectivity index (χ3n) is 2.27. The molecular formula is C11H19N5O4. The molecule has 0 aliphatic rings. The summed E-state index contributed by atoms with van der Waals surface area (Å²) in [5.74, 6) is -0.201. The van der Waals surface area contributed by atoms with Crippen molar-refractivity contribution in [3.05, 3.63) is 21.9 Å². The predicted octanol–water partition coefficient (Wildman–Crippen LogP) is 0.712. The van der Waals surface area contributed by atoms with Crippen LogP contribution < -0.4 is 11.1 Å². The van der Waals surface area contributed by atoms with E-state index in [1.54, 1.807) is 20.8 Å². The fourth-order valence-corrected chi connectivity index (χ4v) is 1.47. The lowest BCUT2D eigenvalue weighted by atomic mass is 10.1. The van der Waals surface area contributed by atoms with Gasteiger partial charge < -0.3 is 25.9 Å². The van der Waals surface area contributed by atoms with Crippen LogP contribution in [0.2, 0.25) is 0 Å². The van der Waals surface area contributed by atoms with Gasteiger partial charge in [-0.15, -0.1) is 5.10 Å². The number of carbonyl (C=O) groups is 1. The lowest BCUT2D eigenvalue weighted by Gasteiger charge is -2.22. The molecule has 0 radical (unpaired) electrons. The molecule has 1 aromatic rings. The van der Waals surface area contributed by atoms with Crippen LogP contribution in [0, 0.1) is 10.1 Å². The molecule has 0 saturated heterocycles. The monoisotopic (exact) mass is 285 g/mol. The van der Waals surface area contributed by atoms with Crippen LogP contribution in [0.4, 0.5) is 10.6 Å². The molecule has 9 nitrogen and oxygen atoms in total. The van der Waals surface area contributed by atoms with E-state index in [1.807, 2.05) is 0 Å². The molecule has 20 heavy (non-hydrogen) atoms. The Hall–Kier alpha value is -2.16. The van der Waals surface area contributed by atoms with Crippen molar-refractivity contribution in [2.75, 3.05) is 6.54 Å². The number of hydrogen-bond donors (Lipinski definition) is 3. The summed E-state index contributed by atoms with van der Waals surface area (Å²) >= 11 is 0. The molecule has 1 atom stereocenters. The van der Waals surface area contributed by atoms with E-state index < -0.39 is 22.7 Å². The standard InChI is InChI=1S/C11H19N5O4/c1-11(2,3)20-10(17)13-8(6-12)4-7-5-9(15-14-7)16(18)19/h5,8H,4,6,12H2,1-3H3,(H,13,17)(H,14,15). The number of ether oxygens (including phenoxy) is 1. The number of nitrogens with one attached hydrogen (secondary N) is 2. The van der Waals surface area contributed by atoms with E-state index in [9.17, 15) is 14.9 Å². The summed E-state index contributed by atoms with van der Waals surface area (Å²) in [4.78, 5) is 21.6. The smallest absolute Gasteiger partial charge is 0.407 e. The Balaban J connectivity index is 2.58. The Kier molecular flexibility index (Phi) is 5.03. The van der Waals surface area contributed by atoms with Gasteiger partial charge in [0.25, 0.3) is 0 Å². The number of rotatable bonds is 5. The number of alkyl carbamates (subject to hydrolysis) is 1. The van der Waals surface area contributed by atoms with Crippen molar-refractivity contribution in [3.63, 3.8) is 0 Å². The normalized spacial score (nSPS) is 12.8. The van der Waals surface area contributed by atoms with E-state index in [-0.39, 0.29) is 18.8 Å². The topological polar surface area (TPSA) is 136 Å². The van der Waals surface area contributed by atoms with Gasteiger partial charge in [0.1, 0.15) is 5.60 Å². The van der Waals surface area contributed by atoms with E-state index in [0.29, 0.717) is 5.69 Å². The Morgan fingerprint density at radius 3 is 2.75 bits per heavy atom. The van der Waals surface area contributed by atoms with Crippen LogP contribution in [0.15, 0.2) is 6.07 Å². The van der Waals surface area contributed by atoms with Gasteiger partial charge in [0.15, 0.2) is 0 Å². The third kappa shape index (κ3) is 5.22. The third-order valence-corrected chi connectivity index (χ3v) is 2.27. The first kappa shape index (κ1) is 15.9. The SMILES string of the molecule is CC(C)(C)OC(=O)NC(CN)Cc1cc([N+](=O)[O-])[nH]n1. The van der Waals surface area contributed by atoms with Crippen LogP contribution in [0.1, 0.15) is 26.5 Å². The average molecular weight is 285 g/mol. The molecule has 1 unspecified atom stereocenters. The molecule has 1 rings (SSSR count). The lowest BCUT2D eigenvalue weighted by Crippen LogP contribution is -2.44. The largest absolute Gasteiger partial charge is 0.444 e. The summed E-state index contributed by atoms with van der Waals surface area (Å²) in [6, 6.07) is 0.896. The summed E-state index contributed by atoms with van der Waals surface area (Å²) in [6.45, 7) is 5.42. The van der Waals surface area contributed by atoms with E-state index in [1.165, 1.54) is 6.07 Å². The van der Waals surface area contributed by atoms with Gasteiger partial charge in [-0.3, -0.25) is 0 Å². The quantitative estimate of drug-likeness (QED) is 0.538. The van der Waals surface area contributed by atoms with Crippen LogP contribution in [-0.4, -0.2) is 39.4 Å². The van der Waals surface area contributed by atoms with Gasteiger partial charge in [-0.25, -0.2) is 4.79 Å². The second-order valence-electron chi connectivity index (χ2n) is 5.28. The number of hydrogen-bond acceptors (Lipinski definition) is 6. The number of aromatic nitrogens is 2. The molecule has 0 aliphatic heterocycles. The zero-order valence-corrected chi connectivity index (χ0v) is 11.7. The zero-order valence-electron chi connectivity index (χ0n) is 11.7. The first-order valence-electron chi connectivity index (χ1n) is 6.09. The van der Waals surface area contributed by atoms with Crippen molar-refractivity contribution >= 4 is 11.9 Å². The number of carbonyl (C=O) groups excluding carboxylic acids is 1. The van der Waals surface area contributed by atoms with Crippen LogP contribution >= 0.6 is 0 Å². The molecule has 0 saturated carbocycles. The van der Waals surface area contributed by atoms with Crippen LogP contribution in [-0.2, 0) is 11.2 Å². The highest BCUT2D eigenvalue weighted by molar-refractivity contribution is 5.68. The van der Waals surface area contributed by atoms with Crippen LogP contribution in [0.25, 0.3) is 0 Å². The van der Waals surface area contributed by atoms with E-state index in [0.717, 1.165) is 0 Å². The molecule has 0 aromatic carbocycles. The van der Waals surface area contributed by atoms with E-state index in [2.05, 4.69) is 15.5 Å². The highest BCUT2D eigenvalue weighted by Crippen LogP contribution is 2.10. The van der Waals surface area contributed by atoms with Gasteiger partial charge in [-0.05, 0) is 25.7 Å². The number of H-pyrrole nitrogens is 1. The van der Waals surface area contributed by atoms with Gasteiger partial charge >= 0.3 is 11.9 Å². The fourth-order valence-electron chi connectivity index (χ4n) is 1.47. The van der Waals surface area contributed by atoms with Gasteiger partial charge in [0.05, 0.1) is 17.8 Å². The first-order valence-corrected chi connectivity index (χ1v) is 6.09. The lowest BCUT2D eigenvalue weighted by molar-refractivity contribution is -0.389. The van der Waals surface area contributed by atoms with Crippen molar-refractivity contribution in [2.24, 2.45) is 5.73 Å². The summed E-state index contributed by atoms with van der Waals surface area (Å²) < 4.78 is 5.11. The van der Waals surface area contributed by atoms with E-state index in [4.69, 9.17) is 10.5 Å². The zero-order chi connectivity index (χ0) is 15.3. The molecule has 1 heterocycles. The van der Waals surface area contributed by atoms with Crippen molar-refractivity contribution in [1.82, 2.24) is 15.5 Å². The predicted molar refractivity (Wildman–Crippen MR) is 71.2 cm³/mol. The second kappa shape index (κ2) is 6.33. The molecule has 0 aliphatic carbocycles. The molecule has 1 amide bonds. The minimum Gasteiger partial charge on any atom is -0.444 e. The molecule has 112 valence electrons. The van der Waals surface area contributed by atoms with E-state index >= 15 is 0 Å². The highest BCUT2D eigenvalue weighted by atomic mass is 16.6. The minimum atomic E-state index is -0.603. The molecule has 0 bridgehead atoms. The highest BCUT2D eigenvalue weighted by Gasteiger charge is 2.20. The summed E-state index contributed by atoms with van der Waals surface area (Å²) in [5, 5.41) is 19.2. The van der Waals surface area contributed by atoms with Crippen molar-refractivity contribution < 1.29 is 14.5 Å². The molecular weight excluding hydrogens is 266 g/mol. The molecule has 0 fully saturated rings. The van der Waals surface area contributed by atoms with Crippen molar-refractivity contribution in [1.29, 1.82) is 0 Å². The van der Waals surface area contributed by atoms with Crippen molar-refractivity contribution in [2.45, 2.75) is 38.8 Å². The minimum absolute atomic E-state index is 0.167. The second-order valence-corrected chi connectivity index (χ2v) is 5.28. The number of nitro groups is 1. The van der Waals surface area contributed by atoms with Gasteiger partial charge in [-0.1, -0.05) is 5.10 Å². The fraction of sp³-hybridized carbons (Fsp3) is 0.636. The van der Waals surface area contributed by atoms with Crippen LogP contribution in [0.3, 0.4) is 0 Å². The Bertz CT molecular complexity index is 479. The first-order chi connectivity index (χ1) is 9.21. The summed E-state index contributed by atoms with van der Waals surface area (Å²) in [5.41, 5.74) is 5.40. The Morgan fingerprint density at radius 2 is 2.30 bits per heavy atom. The Labute approximate surface area is 116 Å². The summed E-state index contributed by atoms with van der Waals surface area (Å²) in [6.07, 6.45) is -0.307. The number of amides is 1. The molecule has 4 N–H and O–H groups in total. The average Bonchev–Trinajstić information content (AvgIpc) is 2.74. The number of nitrogens with two attached hydrogens (primary N) is 1. The molecule has 9 heteroatoms. The maximum atomic E-state index is 11.6. The van der Waals surface area contributed by atoms with Gasteiger partial charge in [0.2, 0.25) is 0 Å². The van der Waals surface area contributed by atoms with Crippen LogP contribution in [0.5, 0.6) is 0 Å². The maximum Gasteiger partial charge on any atom is 0.407 e. The van der Waals surface area contributed by atoms with Gasteiger partial charge in [0, 0.05) is 13.0 Å². The molecule has 1 aromatic heterocycles.